The molecule has 1 aromatic rings. The van der Waals surface area contributed by atoms with Crippen LogP contribution >= 0.6 is 15.9 Å². The lowest BCUT2D eigenvalue weighted by molar-refractivity contribution is -0.144. The summed E-state index contributed by atoms with van der Waals surface area (Å²) in [6, 6.07) is 2.17. The van der Waals surface area contributed by atoms with Crippen molar-refractivity contribution < 1.29 is 22.0 Å². The van der Waals surface area contributed by atoms with E-state index in [0.29, 0.717) is 0 Å². The van der Waals surface area contributed by atoms with Gasteiger partial charge in [-0.1, -0.05) is 0 Å². The van der Waals surface area contributed by atoms with E-state index in [1.165, 1.54) is 0 Å². The molecule has 0 aliphatic rings. The number of halogens is 6. The molecule has 0 spiro atoms. The topological polar surface area (TPSA) is 3.24 Å². The lowest BCUT2D eigenvalue weighted by Crippen LogP contribution is -2.31. The van der Waals surface area contributed by atoms with Gasteiger partial charge in [0, 0.05) is 12.1 Å². The molecule has 0 saturated heterocycles. The van der Waals surface area contributed by atoms with Crippen molar-refractivity contribution in [2.24, 2.45) is 0 Å². The van der Waals surface area contributed by atoms with E-state index in [2.05, 4.69) is 15.9 Å². The number of rotatable bonds is 3. The second kappa shape index (κ2) is 5.30. The SMILES string of the molecule is CN(Cc1c(F)ccc(Br)c1F)CC(F)(F)F. The van der Waals surface area contributed by atoms with Crippen LogP contribution in [-0.4, -0.2) is 24.7 Å². The van der Waals surface area contributed by atoms with Crippen molar-refractivity contribution in [3.8, 4) is 0 Å². The van der Waals surface area contributed by atoms with Gasteiger partial charge >= 0.3 is 6.18 Å². The van der Waals surface area contributed by atoms with E-state index >= 15 is 0 Å². The lowest BCUT2D eigenvalue weighted by atomic mass is 10.2. The van der Waals surface area contributed by atoms with Crippen LogP contribution in [0.2, 0.25) is 0 Å². The number of benzene rings is 1. The van der Waals surface area contributed by atoms with Gasteiger partial charge in [-0.2, -0.15) is 13.2 Å². The molecule has 0 aliphatic carbocycles. The molecule has 0 aromatic heterocycles. The quantitative estimate of drug-likeness (QED) is 0.606. The van der Waals surface area contributed by atoms with Gasteiger partial charge in [0.05, 0.1) is 11.0 Å². The first-order valence-corrected chi connectivity index (χ1v) is 5.37. The van der Waals surface area contributed by atoms with Crippen LogP contribution < -0.4 is 0 Å². The maximum absolute atomic E-state index is 13.5. The summed E-state index contributed by atoms with van der Waals surface area (Å²) >= 11 is 2.85. The Labute approximate surface area is 103 Å². The predicted molar refractivity (Wildman–Crippen MR) is 56.4 cm³/mol. The van der Waals surface area contributed by atoms with Crippen molar-refractivity contribution in [3.63, 3.8) is 0 Å². The summed E-state index contributed by atoms with van der Waals surface area (Å²) in [7, 11) is 1.15. The lowest BCUT2D eigenvalue weighted by Gasteiger charge is -2.19. The van der Waals surface area contributed by atoms with E-state index in [4.69, 9.17) is 0 Å². The van der Waals surface area contributed by atoms with Crippen molar-refractivity contribution >= 4 is 15.9 Å². The van der Waals surface area contributed by atoms with Crippen LogP contribution in [0.5, 0.6) is 0 Å². The third kappa shape index (κ3) is 4.23. The number of hydrogen-bond acceptors (Lipinski definition) is 1. The van der Waals surface area contributed by atoms with Gasteiger partial charge in [0.15, 0.2) is 0 Å². The van der Waals surface area contributed by atoms with Gasteiger partial charge < -0.3 is 0 Å². The second-order valence-corrected chi connectivity index (χ2v) is 4.46. The first-order chi connectivity index (χ1) is 7.70. The molecular weight excluding hydrogens is 309 g/mol. The summed E-state index contributed by atoms with van der Waals surface area (Å²) in [6.07, 6.45) is -4.40. The monoisotopic (exact) mass is 317 g/mol. The molecule has 1 rings (SSSR count). The van der Waals surface area contributed by atoms with Crippen LogP contribution in [0.25, 0.3) is 0 Å². The summed E-state index contributed by atoms with van der Waals surface area (Å²) in [5.74, 6) is -1.74. The summed E-state index contributed by atoms with van der Waals surface area (Å²) in [5.41, 5.74) is -0.383. The Hall–Kier alpha value is -0.690. The Morgan fingerprint density at radius 1 is 1.24 bits per heavy atom. The molecule has 7 heteroatoms. The molecule has 0 fully saturated rings. The van der Waals surface area contributed by atoms with E-state index in [-0.39, 0.29) is 10.0 Å². The summed E-state index contributed by atoms with van der Waals surface area (Å²) in [6.45, 7) is -1.67. The zero-order valence-corrected chi connectivity index (χ0v) is 10.4. The van der Waals surface area contributed by atoms with Gasteiger partial charge in [0.25, 0.3) is 0 Å². The van der Waals surface area contributed by atoms with Crippen molar-refractivity contribution in [2.75, 3.05) is 13.6 Å². The zero-order valence-electron chi connectivity index (χ0n) is 8.78. The third-order valence-electron chi connectivity index (χ3n) is 2.02. The van der Waals surface area contributed by atoms with Crippen molar-refractivity contribution in [3.05, 3.63) is 33.8 Å². The smallest absolute Gasteiger partial charge is 0.294 e. The molecule has 96 valence electrons. The number of nitrogens with zero attached hydrogens (tertiary/aromatic N) is 1. The average Bonchev–Trinajstić information content (AvgIpc) is 2.16. The molecular formula is C10H9BrF5N. The van der Waals surface area contributed by atoms with Crippen LogP contribution in [0.4, 0.5) is 22.0 Å². The van der Waals surface area contributed by atoms with E-state index in [1.807, 2.05) is 0 Å². The molecule has 1 aromatic carbocycles. The standard InChI is InChI=1S/C10H9BrF5N/c1-17(5-10(14,15)16)4-6-8(12)3-2-7(11)9(6)13/h2-3H,4-5H2,1H3. The Kier molecular flexibility index (Phi) is 4.48. The van der Waals surface area contributed by atoms with Gasteiger partial charge in [0.1, 0.15) is 11.6 Å². The minimum atomic E-state index is -4.40. The molecule has 0 bridgehead atoms. The molecule has 0 unspecified atom stereocenters. The van der Waals surface area contributed by atoms with E-state index in [1.54, 1.807) is 0 Å². The summed E-state index contributed by atoms with van der Waals surface area (Å²) in [4.78, 5) is 0.800. The van der Waals surface area contributed by atoms with Gasteiger partial charge in [0.2, 0.25) is 0 Å². The van der Waals surface area contributed by atoms with Crippen molar-refractivity contribution in [1.82, 2.24) is 4.90 Å². The fourth-order valence-corrected chi connectivity index (χ4v) is 1.72. The minimum absolute atomic E-state index is 0.0225. The maximum Gasteiger partial charge on any atom is 0.401 e. The molecule has 0 radical (unpaired) electrons. The van der Waals surface area contributed by atoms with Gasteiger partial charge in [-0.3, -0.25) is 4.90 Å². The first-order valence-electron chi connectivity index (χ1n) is 4.58. The summed E-state index contributed by atoms with van der Waals surface area (Å²) < 4.78 is 62.9. The Balaban J connectivity index is 2.85. The number of alkyl halides is 3. The maximum atomic E-state index is 13.5. The molecule has 0 N–H and O–H groups in total. The van der Waals surface area contributed by atoms with Crippen LogP contribution in [0.1, 0.15) is 5.56 Å². The van der Waals surface area contributed by atoms with E-state index in [0.717, 1.165) is 24.1 Å². The van der Waals surface area contributed by atoms with Crippen molar-refractivity contribution in [2.45, 2.75) is 12.7 Å². The number of hydrogen-bond donors (Lipinski definition) is 0. The van der Waals surface area contributed by atoms with Crippen molar-refractivity contribution in [1.29, 1.82) is 0 Å². The van der Waals surface area contributed by atoms with E-state index in [9.17, 15) is 22.0 Å². The largest absolute Gasteiger partial charge is 0.401 e. The molecule has 17 heavy (non-hydrogen) atoms. The van der Waals surface area contributed by atoms with E-state index < -0.39 is 30.9 Å². The zero-order chi connectivity index (χ0) is 13.2. The highest BCUT2D eigenvalue weighted by atomic mass is 79.9. The average molecular weight is 318 g/mol. The Morgan fingerprint density at radius 3 is 2.35 bits per heavy atom. The van der Waals surface area contributed by atoms with Gasteiger partial charge in [-0.15, -0.1) is 0 Å². The summed E-state index contributed by atoms with van der Waals surface area (Å²) in [5, 5.41) is 0. The third-order valence-corrected chi connectivity index (χ3v) is 2.63. The van der Waals surface area contributed by atoms with Crippen LogP contribution in [0.15, 0.2) is 16.6 Å². The highest BCUT2D eigenvalue weighted by Gasteiger charge is 2.29. The molecule has 0 amide bonds. The first kappa shape index (κ1) is 14.4. The fourth-order valence-electron chi connectivity index (χ4n) is 1.35. The fraction of sp³-hybridized carbons (Fsp3) is 0.400. The van der Waals surface area contributed by atoms with Crippen LogP contribution in [-0.2, 0) is 6.54 Å². The normalized spacial score (nSPS) is 12.2. The molecule has 1 nitrogen and oxygen atoms in total. The Morgan fingerprint density at radius 2 is 1.82 bits per heavy atom. The highest BCUT2D eigenvalue weighted by Crippen LogP contribution is 2.24. The second-order valence-electron chi connectivity index (χ2n) is 3.61. The molecule has 0 aliphatic heterocycles. The highest BCUT2D eigenvalue weighted by molar-refractivity contribution is 9.10. The molecule has 0 saturated carbocycles. The Bertz CT molecular complexity index is 404. The van der Waals surface area contributed by atoms with Gasteiger partial charge in [-0.25, -0.2) is 8.78 Å². The van der Waals surface area contributed by atoms with Crippen LogP contribution in [0, 0.1) is 11.6 Å². The van der Waals surface area contributed by atoms with Gasteiger partial charge in [-0.05, 0) is 35.1 Å². The minimum Gasteiger partial charge on any atom is -0.294 e. The molecule has 0 heterocycles. The van der Waals surface area contributed by atoms with Crippen LogP contribution in [0.3, 0.4) is 0 Å². The molecule has 0 atom stereocenters. The predicted octanol–water partition coefficient (Wildman–Crippen LogP) is 3.72.